The second-order valence-electron chi connectivity index (χ2n) is 6.84. The molecule has 0 aromatic carbocycles. The summed E-state index contributed by atoms with van der Waals surface area (Å²) in [4.78, 5) is 13.1. The largest absolute Gasteiger partial charge is 0.393 e. The lowest BCUT2D eigenvalue weighted by Crippen LogP contribution is -2.48. The molecule has 0 bridgehead atoms. The fourth-order valence-electron chi connectivity index (χ4n) is 3.74. The SMILES string of the molecule is CC1(C)CCCCC1C(=O)NC1CCCC1C(N)=S. The van der Waals surface area contributed by atoms with Crippen LogP contribution in [0.1, 0.15) is 58.8 Å². The van der Waals surface area contributed by atoms with Crippen molar-refractivity contribution < 1.29 is 4.79 Å². The molecule has 0 aliphatic heterocycles. The topological polar surface area (TPSA) is 55.1 Å². The quantitative estimate of drug-likeness (QED) is 0.783. The zero-order valence-corrected chi connectivity index (χ0v) is 12.9. The summed E-state index contributed by atoms with van der Waals surface area (Å²) in [5.41, 5.74) is 5.90. The van der Waals surface area contributed by atoms with Gasteiger partial charge in [-0.05, 0) is 31.1 Å². The van der Waals surface area contributed by atoms with Crippen molar-refractivity contribution in [3.8, 4) is 0 Å². The predicted molar refractivity (Wildman–Crippen MR) is 81.8 cm³/mol. The summed E-state index contributed by atoms with van der Waals surface area (Å²) in [6.07, 6.45) is 7.73. The number of nitrogens with one attached hydrogen (secondary N) is 1. The number of thiocarbonyl (C=S) groups is 1. The lowest BCUT2D eigenvalue weighted by atomic mass is 9.68. The zero-order valence-electron chi connectivity index (χ0n) is 12.1. The minimum atomic E-state index is 0.125. The van der Waals surface area contributed by atoms with Crippen molar-refractivity contribution in [2.45, 2.75) is 64.8 Å². The summed E-state index contributed by atoms with van der Waals surface area (Å²) < 4.78 is 0. The Hall–Kier alpha value is -0.640. The number of nitrogens with two attached hydrogens (primary N) is 1. The molecule has 0 saturated heterocycles. The molecule has 0 radical (unpaired) electrons. The van der Waals surface area contributed by atoms with Gasteiger partial charge in [-0.2, -0.15) is 0 Å². The Bertz CT molecular complexity index is 367. The summed E-state index contributed by atoms with van der Waals surface area (Å²) >= 11 is 5.11. The average Bonchev–Trinajstić information content (AvgIpc) is 2.76. The first-order valence-electron chi connectivity index (χ1n) is 7.51. The normalized spacial score (nSPS) is 33.9. The molecule has 2 aliphatic carbocycles. The summed E-state index contributed by atoms with van der Waals surface area (Å²) in [5.74, 6) is 0.567. The van der Waals surface area contributed by atoms with E-state index in [1.807, 2.05) is 0 Å². The highest BCUT2D eigenvalue weighted by Gasteiger charge is 2.39. The molecule has 2 saturated carbocycles. The number of hydrogen-bond donors (Lipinski definition) is 2. The molecule has 0 aromatic heterocycles. The molecule has 2 fully saturated rings. The zero-order chi connectivity index (χ0) is 14.0. The Morgan fingerprint density at radius 1 is 1.21 bits per heavy atom. The van der Waals surface area contributed by atoms with Crippen molar-refractivity contribution in [3.05, 3.63) is 0 Å². The van der Waals surface area contributed by atoms with Crippen LogP contribution in [0.25, 0.3) is 0 Å². The minimum Gasteiger partial charge on any atom is -0.393 e. The molecule has 0 spiro atoms. The standard InChI is InChI=1S/C15H26N2OS/c1-15(2)9-4-3-7-11(15)14(18)17-12-8-5-6-10(12)13(16)19/h10-12H,3-9H2,1-2H3,(H2,16,19)(H,17,18). The van der Waals surface area contributed by atoms with Crippen molar-refractivity contribution in [1.29, 1.82) is 0 Å². The first kappa shape index (κ1) is 14.8. The van der Waals surface area contributed by atoms with Gasteiger partial charge in [0, 0.05) is 17.9 Å². The van der Waals surface area contributed by atoms with E-state index in [9.17, 15) is 4.79 Å². The third kappa shape index (κ3) is 3.28. The molecule has 3 N–H and O–H groups in total. The van der Waals surface area contributed by atoms with E-state index in [2.05, 4.69) is 19.2 Å². The fraction of sp³-hybridized carbons (Fsp3) is 0.867. The number of carbonyl (C=O) groups excluding carboxylic acids is 1. The molecule has 0 heterocycles. The second-order valence-corrected chi connectivity index (χ2v) is 7.31. The van der Waals surface area contributed by atoms with Gasteiger partial charge in [-0.3, -0.25) is 4.79 Å². The maximum Gasteiger partial charge on any atom is 0.223 e. The van der Waals surface area contributed by atoms with Crippen molar-refractivity contribution in [2.75, 3.05) is 0 Å². The lowest BCUT2D eigenvalue weighted by molar-refractivity contribution is -0.131. The van der Waals surface area contributed by atoms with E-state index in [1.54, 1.807) is 0 Å². The van der Waals surface area contributed by atoms with Gasteiger partial charge in [0.25, 0.3) is 0 Å². The molecule has 19 heavy (non-hydrogen) atoms. The summed E-state index contributed by atoms with van der Waals surface area (Å²) in [5, 5.41) is 3.23. The average molecular weight is 282 g/mol. The maximum atomic E-state index is 12.5. The van der Waals surface area contributed by atoms with Gasteiger partial charge in [0.1, 0.15) is 0 Å². The van der Waals surface area contributed by atoms with Crippen LogP contribution >= 0.6 is 12.2 Å². The van der Waals surface area contributed by atoms with E-state index in [0.29, 0.717) is 4.99 Å². The molecule has 3 nitrogen and oxygen atoms in total. The minimum absolute atomic E-state index is 0.125. The first-order valence-corrected chi connectivity index (χ1v) is 7.92. The van der Waals surface area contributed by atoms with E-state index < -0.39 is 0 Å². The van der Waals surface area contributed by atoms with Gasteiger partial charge in [-0.1, -0.05) is 45.3 Å². The molecule has 0 aromatic rings. The molecular weight excluding hydrogens is 256 g/mol. The van der Waals surface area contributed by atoms with Crippen molar-refractivity contribution in [2.24, 2.45) is 23.0 Å². The Morgan fingerprint density at radius 2 is 1.95 bits per heavy atom. The van der Waals surface area contributed by atoms with Crippen LogP contribution in [-0.4, -0.2) is 16.9 Å². The molecule has 1 amide bonds. The van der Waals surface area contributed by atoms with E-state index >= 15 is 0 Å². The Morgan fingerprint density at radius 3 is 2.58 bits per heavy atom. The van der Waals surface area contributed by atoms with Crippen LogP contribution < -0.4 is 11.1 Å². The van der Waals surface area contributed by atoms with Crippen molar-refractivity contribution >= 4 is 23.1 Å². The molecule has 2 aliphatic rings. The fourth-order valence-corrected chi connectivity index (χ4v) is 4.02. The van der Waals surface area contributed by atoms with Crippen LogP contribution in [0.5, 0.6) is 0 Å². The van der Waals surface area contributed by atoms with Gasteiger partial charge in [0.15, 0.2) is 0 Å². The Labute approximate surface area is 121 Å². The Balaban J connectivity index is 1.98. The highest BCUT2D eigenvalue weighted by Crippen LogP contribution is 2.41. The highest BCUT2D eigenvalue weighted by molar-refractivity contribution is 7.80. The van der Waals surface area contributed by atoms with E-state index in [4.69, 9.17) is 18.0 Å². The molecule has 108 valence electrons. The van der Waals surface area contributed by atoms with Crippen LogP contribution in [0.15, 0.2) is 0 Å². The van der Waals surface area contributed by atoms with Gasteiger partial charge < -0.3 is 11.1 Å². The third-order valence-corrected chi connectivity index (χ3v) is 5.34. The molecule has 2 rings (SSSR count). The lowest BCUT2D eigenvalue weighted by Gasteiger charge is -2.38. The van der Waals surface area contributed by atoms with Crippen LogP contribution in [0.4, 0.5) is 0 Å². The number of carbonyl (C=O) groups is 1. The van der Waals surface area contributed by atoms with Gasteiger partial charge in [0.2, 0.25) is 5.91 Å². The summed E-state index contributed by atoms with van der Waals surface area (Å²) in [7, 11) is 0. The smallest absolute Gasteiger partial charge is 0.223 e. The van der Waals surface area contributed by atoms with Gasteiger partial charge in [-0.15, -0.1) is 0 Å². The van der Waals surface area contributed by atoms with Gasteiger partial charge in [0.05, 0.1) is 4.99 Å². The Kier molecular flexibility index (Phi) is 4.49. The molecule has 4 heteroatoms. The summed E-state index contributed by atoms with van der Waals surface area (Å²) in [6.45, 7) is 4.44. The number of amides is 1. The highest BCUT2D eigenvalue weighted by atomic mass is 32.1. The third-order valence-electron chi connectivity index (χ3n) is 5.03. The van der Waals surface area contributed by atoms with Gasteiger partial charge in [-0.25, -0.2) is 0 Å². The van der Waals surface area contributed by atoms with E-state index in [1.165, 1.54) is 12.8 Å². The summed E-state index contributed by atoms with van der Waals surface area (Å²) in [6, 6.07) is 0.169. The molecule has 3 atom stereocenters. The van der Waals surface area contributed by atoms with Crippen LogP contribution in [-0.2, 0) is 4.79 Å². The molecule has 3 unspecified atom stereocenters. The number of hydrogen-bond acceptors (Lipinski definition) is 2. The number of rotatable bonds is 3. The van der Waals surface area contributed by atoms with E-state index in [-0.39, 0.29) is 29.2 Å². The first-order chi connectivity index (χ1) is 8.92. The van der Waals surface area contributed by atoms with Crippen LogP contribution in [0.2, 0.25) is 0 Å². The van der Waals surface area contributed by atoms with Crippen LogP contribution in [0, 0.1) is 17.3 Å². The predicted octanol–water partition coefficient (Wildman–Crippen LogP) is 2.77. The second kappa shape index (κ2) is 5.78. The van der Waals surface area contributed by atoms with Crippen molar-refractivity contribution in [3.63, 3.8) is 0 Å². The van der Waals surface area contributed by atoms with Crippen LogP contribution in [0.3, 0.4) is 0 Å². The maximum absolute atomic E-state index is 12.5. The van der Waals surface area contributed by atoms with Crippen molar-refractivity contribution in [1.82, 2.24) is 5.32 Å². The van der Waals surface area contributed by atoms with E-state index in [0.717, 1.165) is 32.1 Å². The van der Waals surface area contributed by atoms with Gasteiger partial charge >= 0.3 is 0 Å². The monoisotopic (exact) mass is 282 g/mol. The molecular formula is C15H26N2OS.